The summed E-state index contributed by atoms with van der Waals surface area (Å²) in [5, 5.41) is 0.308. The van der Waals surface area contributed by atoms with Gasteiger partial charge in [0.1, 0.15) is 0 Å². The van der Waals surface area contributed by atoms with Gasteiger partial charge in [-0.1, -0.05) is 20.3 Å². The molecule has 1 saturated heterocycles. The fourth-order valence-corrected chi connectivity index (χ4v) is 3.65. The molecule has 0 N–H and O–H groups in total. The lowest BCUT2D eigenvalue weighted by Crippen LogP contribution is -2.60. The topological polar surface area (TPSA) is 45.2 Å². The van der Waals surface area contributed by atoms with Crippen molar-refractivity contribution < 1.29 is 0 Å². The van der Waals surface area contributed by atoms with Crippen LogP contribution in [0.15, 0.2) is 0 Å². The third-order valence-electron chi connectivity index (χ3n) is 5.41. The van der Waals surface area contributed by atoms with Gasteiger partial charge in [0.05, 0.1) is 0 Å². The molecule has 1 aromatic heterocycles. The van der Waals surface area contributed by atoms with Gasteiger partial charge in [0, 0.05) is 24.7 Å². The van der Waals surface area contributed by atoms with E-state index < -0.39 is 0 Å². The van der Waals surface area contributed by atoms with E-state index in [0.717, 1.165) is 32.4 Å². The molecule has 0 bridgehead atoms. The van der Waals surface area contributed by atoms with Crippen LogP contribution in [0.25, 0.3) is 0 Å². The number of hydrogen-bond donors (Lipinski definition) is 0. The molecule has 1 aliphatic heterocycles. The first-order valence-electron chi connectivity index (χ1n) is 8.32. The minimum Gasteiger partial charge on any atom is -0.337 e. The van der Waals surface area contributed by atoms with E-state index in [9.17, 15) is 0 Å². The largest absolute Gasteiger partial charge is 0.337 e. The van der Waals surface area contributed by atoms with Crippen molar-refractivity contribution >= 4 is 29.2 Å². The Morgan fingerprint density at radius 3 is 2.39 bits per heavy atom. The first-order valence-corrected chi connectivity index (χ1v) is 9.08. The molecule has 2 unspecified atom stereocenters. The predicted octanol–water partition coefficient (Wildman–Crippen LogP) is 3.90. The maximum atomic E-state index is 6.00. The zero-order chi connectivity index (χ0) is 17.2. The summed E-state index contributed by atoms with van der Waals surface area (Å²) in [6.45, 7) is 11.1. The molecule has 0 amide bonds. The standard InChI is InChI=1S/C16H27Cl2N5/c1-6-7-9-23(15-20-13(17)19-14(18)21-15)12-8-10-22(5)16(3,4)11(12)2/h11-12H,6-10H2,1-5H3. The number of likely N-dealkylation sites (tertiary alicyclic amines) is 1. The fraction of sp³-hybridized carbons (Fsp3) is 0.812. The van der Waals surface area contributed by atoms with Gasteiger partial charge in [-0.3, -0.25) is 0 Å². The van der Waals surface area contributed by atoms with Gasteiger partial charge in [-0.15, -0.1) is 0 Å². The number of nitrogens with zero attached hydrogens (tertiary/aromatic N) is 5. The number of aromatic nitrogens is 3. The van der Waals surface area contributed by atoms with E-state index in [4.69, 9.17) is 23.2 Å². The molecular formula is C16H27Cl2N5. The third-order valence-corrected chi connectivity index (χ3v) is 5.75. The molecule has 0 aromatic carbocycles. The zero-order valence-electron chi connectivity index (χ0n) is 14.7. The second-order valence-corrected chi connectivity index (χ2v) is 7.62. The fourth-order valence-electron chi connectivity index (χ4n) is 3.30. The van der Waals surface area contributed by atoms with Gasteiger partial charge in [0.2, 0.25) is 16.5 Å². The van der Waals surface area contributed by atoms with Crippen molar-refractivity contribution in [2.75, 3.05) is 25.0 Å². The molecule has 5 nitrogen and oxygen atoms in total. The van der Waals surface area contributed by atoms with Crippen LogP contribution in [0, 0.1) is 5.92 Å². The first kappa shape index (κ1) is 18.7. The maximum Gasteiger partial charge on any atom is 0.231 e. The summed E-state index contributed by atoms with van der Waals surface area (Å²) in [6, 6.07) is 0.363. The molecule has 23 heavy (non-hydrogen) atoms. The molecule has 130 valence electrons. The average Bonchev–Trinajstić information content (AvgIpc) is 2.47. The summed E-state index contributed by atoms with van der Waals surface area (Å²) in [6.07, 6.45) is 3.28. The smallest absolute Gasteiger partial charge is 0.231 e. The van der Waals surface area contributed by atoms with Crippen LogP contribution < -0.4 is 4.90 Å². The summed E-state index contributed by atoms with van der Waals surface area (Å²) in [5.74, 6) is 1.06. The highest BCUT2D eigenvalue weighted by Gasteiger charge is 2.42. The van der Waals surface area contributed by atoms with Gasteiger partial charge in [0.25, 0.3) is 0 Å². The Morgan fingerprint density at radius 1 is 1.22 bits per heavy atom. The molecule has 0 radical (unpaired) electrons. The van der Waals surface area contributed by atoms with Crippen LogP contribution in [0.5, 0.6) is 0 Å². The molecular weight excluding hydrogens is 333 g/mol. The number of anilines is 1. The molecule has 1 aliphatic rings. The van der Waals surface area contributed by atoms with Crippen LogP contribution in [0.4, 0.5) is 5.95 Å². The molecule has 2 rings (SSSR count). The van der Waals surface area contributed by atoms with Crippen LogP contribution >= 0.6 is 23.2 Å². The summed E-state index contributed by atoms with van der Waals surface area (Å²) in [5.41, 5.74) is 0.119. The lowest BCUT2D eigenvalue weighted by molar-refractivity contribution is 0.0375. The molecule has 2 heterocycles. The van der Waals surface area contributed by atoms with Gasteiger partial charge in [-0.2, -0.15) is 15.0 Å². The number of hydrogen-bond acceptors (Lipinski definition) is 5. The van der Waals surface area contributed by atoms with Crippen molar-refractivity contribution in [1.82, 2.24) is 19.9 Å². The summed E-state index contributed by atoms with van der Waals surface area (Å²) >= 11 is 12.0. The lowest BCUT2D eigenvalue weighted by atomic mass is 9.76. The minimum absolute atomic E-state index is 0.119. The average molecular weight is 360 g/mol. The zero-order valence-corrected chi connectivity index (χ0v) is 16.2. The van der Waals surface area contributed by atoms with Gasteiger partial charge in [0.15, 0.2) is 0 Å². The van der Waals surface area contributed by atoms with Gasteiger partial charge in [-0.05, 0) is 62.9 Å². The number of rotatable bonds is 5. The van der Waals surface area contributed by atoms with E-state index in [1.54, 1.807) is 0 Å². The van der Waals surface area contributed by atoms with E-state index >= 15 is 0 Å². The molecule has 0 saturated carbocycles. The molecule has 2 atom stereocenters. The number of halogens is 2. The van der Waals surface area contributed by atoms with E-state index in [1.165, 1.54) is 0 Å². The lowest BCUT2D eigenvalue weighted by Gasteiger charge is -2.52. The van der Waals surface area contributed by atoms with Crippen LogP contribution in [-0.4, -0.2) is 51.6 Å². The van der Waals surface area contributed by atoms with Gasteiger partial charge in [-0.25, -0.2) is 0 Å². The second kappa shape index (κ2) is 7.49. The van der Waals surface area contributed by atoms with Crippen molar-refractivity contribution in [2.24, 2.45) is 5.92 Å². The number of piperidine rings is 1. The summed E-state index contributed by atoms with van der Waals surface area (Å²) < 4.78 is 0. The first-order chi connectivity index (χ1) is 10.8. The molecule has 1 aromatic rings. The van der Waals surface area contributed by atoms with E-state index in [-0.39, 0.29) is 16.1 Å². The summed E-state index contributed by atoms with van der Waals surface area (Å²) in [7, 11) is 2.19. The van der Waals surface area contributed by atoms with Crippen LogP contribution in [0.1, 0.15) is 47.0 Å². The normalized spacial score (nSPS) is 24.7. The number of unbranched alkanes of at least 4 members (excludes halogenated alkanes) is 1. The van der Waals surface area contributed by atoms with Crippen molar-refractivity contribution in [3.63, 3.8) is 0 Å². The summed E-state index contributed by atoms with van der Waals surface area (Å²) in [4.78, 5) is 17.3. The molecule has 1 fully saturated rings. The van der Waals surface area contributed by atoms with Crippen LogP contribution in [0.2, 0.25) is 10.6 Å². The second-order valence-electron chi connectivity index (χ2n) is 6.94. The molecule has 7 heteroatoms. The van der Waals surface area contributed by atoms with Crippen molar-refractivity contribution in [1.29, 1.82) is 0 Å². The maximum absolute atomic E-state index is 6.00. The quantitative estimate of drug-likeness (QED) is 0.797. The van der Waals surface area contributed by atoms with Gasteiger partial charge >= 0.3 is 0 Å². The third kappa shape index (κ3) is 4.06. The highest BCUT2D eigenvalue weighted by molar-refractivity contribution is 6.31. The highest BCUT2D eigenvalue weighted by Crippen LogP contribution is 2.36. The Morgan fingerprint density at radius 2 is 1.83 bits per heavy atom. The molecule has 0 aliphatic carbocycles. The van der Waals surface area contributed by atoms with Crippen LogP contribution in [0.3, 0.4) is 0 Å². The van der Waals surface area contributed by atoms with Crippen molar-refractivity contribution in [3.8, 4) is 0 Å². The Kier molecular flexibility index (Phi) is 6.09. The van der Waals surface area contributed by atoms with E-state index in [1.807, 2.05) is 0 Å². The van der Waals surface area contributed by atoms with Gasteiger partial charge < -0.3 is 9.80 Å². The SMILES string of the molecule is CCCCN(c1nc(Cl)nc(Cl)n1)C1CCN(C)C(C)(C)C1C. The van der Waals surface area contributed by atoms with Crippen LogP contribution in [-0.2, 0) is 0 Å². The Balaban J connectivity index is 2.34. The minimum atomic E-state index is 0.119. The van der Waals surface area contributed by atoms with E-state index in [2.05, 4.69) is 59.5 Å². The highest BCUT2D eigenvalue weighted by atomic mass is 35.5. The predicted molar refractivity (Wildman–Crippen MR) is 96.4 cm³/mol. The van der Waals surface area contributed by atoms with E-state index in [0.29, 0.717) is 17.9 Å². The monoisotopic (exact) mass is 359 g/mol. The Labute approximate surface area is 149 Å². The van der Waals surface area contributed by atoms with Crippen molar-refractivity contribution in [3.05, 3.63) is 10.6 Å². The van der Waals surface area contributed by atoms with Crippen molar-refractivity contribution in [2.45, 2.75) is 58.5 Å². The Bertz CT molecular complexity index is 517. The molecule has 0 spiro atoms. The Hall–Kier alpha value is -0.650.